The third kappa shape index (κ3) is 3.54. The Labute approximate surface area is 117 Å². The van der Waals surface area contributed by atoms with Crippen LogP contribution in [-0.2, 0) is 13.1 Å². The molecule has 1 heterocycles. The van der Waals surface area contributed by atoms with Crippen LogP contribution < -0.4 is 10.1 Å². The van der Waals surface area contributed by atoms with Crippen LogP contribution in [0.4, 0.5) is 4.39 Å². The van der Waals surface area contributed by atoms with Crippen molar-refractivity contribution in [1.29, 1.82) is 0 Å². The predicted molar refractivity (Wildman–Crippen MR) is 74.1 cm³/mol. The zero-order valence-electron chi connectivity index (χ0n) is 11.8. The standard InChI is InChI=1S/C14H19FN4O/c1-3-7-16-8-12-10-19(18-17-12)9-11-5-4-6-13(20-2)14(11)15/h4-6,10,16H,3,7-9H2,1-2H3. The lowest BCUT2D eigenvalue weighted by Gasteiger charge is -2.06. The van der Waals surface area contributed by atoms with E-state index < -0.39 is 0 Å². The van der Waals surface area contributed by atoms with Gasteiger partial charge in [0.2, 0.25) is 0 Å². The number of hydrogen-bond acceptors (Lipinski definition) is 4. The van der Waals surface area contributed by atoms with Crippen molar-refractivity contribution in [3.8, 4) is 5.75 Å². The first kappa shape index (κ1) is 14.5. The minimum atomic E-state index is -0.351. The zero-order chi connectivity index (χ0) is 14.4. The Kier molecular flexibility index (Phi) is 5.06. The van der Waals surface area contributed by atoms with E-state index in [4.69, 9.17) is 4.74 Å². The molecule has 2 rings (SSSR count). The number of hydrogen-bond donors (Lipinski definition) is 1. The molecule has 0 amide bonds. The van der Waals surface area contributed by atoms with E-state index in [-0.39, 0.29) is 11.6 Å². The van der Waals surface area contributed by atoms with Crippen LogP contribution in [0, 0.1) is 5.82 Å². The minimum absolute atomic E-state index is 0.243. The van der Waals surface area contributed by atoms with Crippen molar-refractivity contribution >= 4 is 0 Å². The van der Waals surface area contributed by atoms with Crippen molar-refractivity contribution in [3.05, 3.63) is 41.5 Å². The average molecular weight is 278 g/mol. The van der Waals surface area contributed by atoms with Gasteiger partial charge in [-0.15, -0.1) is 5.10 Å². The topological polar surface area (TPSA) is 52.0 Å². The summed E-state index contributed by atoms with van der Waals surface area (Å²) in [5.41, 5.74) is 1.38. The van der Waals surface area contributed by atoms with E-state index in [0.29, 0.717) is 18.7 Å². The van der Waals surface area contributed by atoms with Crippen LogP contribution in [0.3, 0.4) is 0 Å². The molecule has 5 nitrogen and oxygen atoms in total. The molecule has 0 atom stereocenters. The molecule has 20 heavy (non-hydrogen) atoms. The lowest BCUT2D eigenvalue weighted by Crippen LogP contribution is -2.13. The molecule has 2 aromatic rings. The first-order valence-corrected chi connectivity index (χ1v) is 6.65. The maximum Gasteiger partial charge on any atom is 0.170 e. The summed E-state index contributed by atoms with van der Waals surface area (Å²) >= 11 is 0. The number of nitrogens with one attached hydrogen (secondary N) is 1. The van der Waals surface area contributed by atoms with Gasteiger partial charge in [0.05, 0.1) is 25.5 Å². The highest BCUT2D eigenvalue weighted by Crippen LogP contribution is 2.20. The van der Waals surface area contributed by atoms with E-state index >= 15 is 0 Å². The predicted octanol–water partition coefficient (Wildman–Crippen LogP) is 1.97. The second-order valence-corrected chi connectivity index (χ2v) is 4.52. The molecule has 0 aliphatic rings. The van der Waals surface area contributed by atoms with Crippen molar-refractivity contribution in [2.75, 3.05) is 13.7 Å². The molecule has 0 aliphatic heterocycles. The van der Waals surface area contributed by atoms with Gasteiger partial charge in [-0.05, 0) is 19.0 Å². The van der Waals surface area contributed by atoms with Gasteiger partial charge in [-0.2, -0.15) is 0 Å². The van der Waals surface area contributed by atoms with E-state index in [0.717, 1.165) is 18.7 Å². The number of methoxy groups -OCH3 is 1. The lowest BCUT2D eigenvalue weighted by molar-refractivity contribution is 0.383. The van der Waals surface area contributed by atoms with E-state index in [1.807, 2.05) is 6.20 Å². The second kappa shape index (κ2) is 7.00. The Balaban J connectivity index is 2.03. The maximum absolute atomic E-state index is 14.0. The Morgan fingerprint density at radius 2 is 2.25 bits per heavy atom. The van der Waals surface area contributed by atoms with Gasteiger partial charge in [0.1, 0.15) is 0 Å². The molecule has 1 aromatic carbocycles. The molecule has 1 aromatic heterocycles. The Morgan fingerprint density at radius 3 is 3.00 bits per heavy atom. The molecule has 108 valence electrons. The number of nitrogens with zero attached hydrogens (tertiary/aromatic N) is 3. The highest BCUT2D eigenvalue weighted by Gasteiger charge is 2.09. The van der Waals surface area contributed by atoms with Crippen LogP contribution in [0.1, 0.15) is 24.6 Å². The molecule has 6 heteroatoms. The van der Waals surface area contributed by atoms with Gasteiger partial charge in [-0.3, -0.25) is 0 Å². The quantitative estimate of drug-likeness (QED) is 0.787. The zero-order valence-corrected chi connectivity index (χ0v) is 11.8. The molecule has 0 saturated heterocycles. The van der Waals surface area contributed by atoms with E-state index in [1.165, 1.54) is 7.11 Å². The maximum atomic E-state index is 14.0. The summed E-state index contributed by atoms with van der Waals surface area (Å²) in [5.74, 6) is -0.108. The van der Waals surface area contributed by atoms with Gasteiger partial charge in [-0.25, -0.2) is 9.07 Å². The number of rotatable bonds is 7. The summed E-state index contributed by atoms with van der Waals surface area (Å²) in [6.45, 7) is 4.06. The fourth-order valence-electron chi connectivity index (χ4n) is 1.90. The number of halogens is 1. The van der Waals surface area contributed by atoms with Crippen molar-refractivity contribution in [2.24, 2.45) is 0 Å². The van der Waals surface area contributed by atoms with Gasteiger partial charge >= 0.3 is 0 Å². The van der Waals surface area contributed by atoms with E-state index in [2.05, 4.69) is 22.6 Å². The van der Waals surface area contributed by atoms with Crippen molar-refractivity contribution in [3.63, 3.8) is 0 Å². The first-order valence-electron chi connectivity index (χ1n) is 6.65. The molecular formula is C14H19FN4O. The van der Waals surface area contributed by atoms with Crippen LogP contribution in [0.2, 0.25) is 0 Å². The average Bonchev–Trinajstić information content (AvgIpc) is 2.89. The molecule has 0 unspecified atom stereocenters. The minimum Gasteiger partial charge on any atom is -0.494 e. The highest BCUT2D eigenvalue weighted by molar-refractivity contribution is 5.31. The SMILES string of the molecule is CCCNCc1cn(Cc2cccc(OC)c2F)nn1. The summed E-state index contributed by atoms with van der Waals surface area (Å²) in [5, 5.41) is 11.3. The van der Waals surface area contributed by atoms with E-state index in [1.54, 1.807) is 22.9 Å². The number of benzene rings is 1. The Morgan fingerprint density at radius 1 is 1.40 bits per heavy atom. The molecule has 0 bridgehead atoms. The smallest absolute Gasteiger partial charge is 0.170 e. The van der Waals surface area contributed by atoms with Crippen molar-refractivity contribution < 1.29 is 9.13 Å². The summed E-state index contributed by atoms with van der Waals surface area (Å²) in [7, 11) is 1.45. The molecule has 0 aliphatic carbocycles. The molecule has 0 fully saturated rings. The van der Waals surface area contributed by atoms with Crippen LogP contribution in [0.15, 0.2) is 24.4 Å². The summed E-state index contributed by atoms with van der Waals surface area (Å²) < 4.78 is 20.6. The third-order valence-corrected chi connectivity index (χ3v) is 2.91. The summed E-state index contributed by atoms with van der Waals surface area (Å²) in [6, 6.07) is 5.08. The Bertz CT molecular complexity index is 556. The van der Waals surface area contributed by atoms with Gasteiger partial charge in [0, 0.05) is 12.1 Å². The number of aromatic nitrogens is 3. The first-order chi connectivity index (χ1) is 9.74. The summed E-state index contributed by atoms with van der Waals surface area (Å²) in [4.78, 5) is 0. The monoisotopic (exact) mass is 278 g/mol. The normalized spacial score (nSPS) is 10.8. The molecule has 0 radical (unpaired) electrons. The van der Waals surface area contributed by atoms with E-state index in [9.17, 15) is 4.39 Å². The fourth-order valence-corrected chi connectivity index (χ4v) is 1.90. The second-order valence-electron chi connectivity index (χ2n) is 4.52. The van der Waals surface area contributed by atoms with Gasteiger partial charge in [-0.1, -0.05) is 24.3 Å². The molecular weight excluding hydrogens is 259 g/mol. The molecule has 0 saturated carbocycles. The van der Waals surface area contributed by atoms with Gasteiger partial charge in [0.25, 0.3) is 0 Å². The van der Waals surface area contributed by atoms with Crippen LogP contribution >= 0.6 is 0 Å². The van der Waals surface area contributed by atoms with Crippen LogP contribution in [0.5, 0.6) is 5.75 Å². The van der Waals surface area contributed by atoms with Gasteiger partial charge in [0.15, 0.2) is 11.6 Å². The highest BCUT2D eigenvalue weighted by atomic mass is 19.1. The van der Waals surface area contributed by atoms with Crippen LogP contribution in [0.25, 0.3) is 0 Å². The number of ether oxygens (including phenoxy) is 1. The summed E-state index contributed by atoms with van der Waals surface area (Å²) in [6.07, 6.45) is 2.89. The van der Waals surface area contributed by atoms with Crippen LogP contribution in [-0.4, -0.2) is 28.6 Å². The lowest BCUT2D eigenvalue weighted by atomic mass is 10.2. The third-order valence-electron chi connectivity index (χ3n) is 2.91. The molecule has 1 N–H and O–H groups in total. The fraction of sp³-hybridized carbons (Fsp3) is 0.429. The Hall–Kier alpha value is -1.95. The molecule has 0 spiro atoms. The van der Waals surface area contributed by atoms with Crippen molar-refractivity contribution in [1.82, 2.24) is 20.3 Å². The van der Waals surface area contributed by atoms with Crippen molar-refractivity contribution in [2.45, 2.75) is 26.4 Å². The van der Waals surface area contributed by atoms with Gasteiger partial charge < -0.3 is 10.1 Å². The largest absolute Gasteiger partial charge is 0.494 e.